The second-order valence-electron chi connectivity index (χ2n) is 7.62. The molecule has 2 aromatic rings. The van der Waals surface area contributed by atoms with E-state index in [1.807, 2.05) is 18.2 Å². The fraction of sp³-hybridized carbons (Fsp3) is 0.304. The Morgan fingerprint density at radius 3 is 2.85 bits per heavy atom. The molecule has 1 unspecified atom stereocenters. The molecule has 11 nitrogen and oxygen atoms in total. The van der Waals surface area contributed by atoms with E-state index in [4.69, 9.17) is 9.26 Å². The van der Waals surface area contributed by atoms with Crippen LogP contribution >= 0.6 is 0 Å². The van der Waals surface area contributed by atoms with Gasteiger partial charge in [0.05, 0.1) is 18.8 Å². The van der Waals surface area contributed by atoms with Gasteiger partial charge in [-0.05, 0) is 36.8 Å². The van der Waals surface area contributed by atoms with Crippen LogP contribution in [0.4, 0.5) is 0 Å². The number of carbonyl (C=O) groups excluding carboxylic acids is 2. The number of methoxy groups -OCH3 is 1. The molecule has 0 spiro atoms. The van der Waals surface area contributed by atoms with Crippen LogP contribution in [0.3, 0.4) is 0 Å². The van der Waals surface area contributed by atoms with Crippen LogP contribution in [-0.4, -0.2) is 53.4 Å². The van der Waals surface area contributed by atoms with Crippen molar-refractivity contribution in [2.45, 2.75) is 25.4 Å². The van der Waals surface area contributed by atoms with Gasteiger partial charge in [0.2, 0.25) is 17.6 Å². The first kappa shape index (κ1) is 23.1. The van der Waals surface area contributed by atoms with Crippen molar-refractivity contribution in [1.29, 1.82) is 0 Å². The quantitative estimate of drug-likeness (QED) is 0.482. The number of nitrogens with one attached hydrogen (secondary N) is 2. The third-order valence-corrected chi connectivity index (χ3v) is 5.23. The molecule has 0 fully saturated rings. The maximum Gasteiger partial charge on any atom is 0.295 e. The lowest BCUT2D eigenvalue weighted by Gasteiger charge is -2.19. The van der Waals surface area contributed by atoms with Gasteiger partial charge in [0.1, 0.15) is 5.75 Å². The van der Waals surface area contributed by atoms with Crippen LogP contribution < -0.4 is 15.4 Å². The highest BCUT2D eigenvalue weighted by Crippen LogP contribution is 2.27. The van der Waals surface area contributed by atoms with Gasteiger partial charge in [0.25, 0.3) is 5.91 Å². The predicted molar refractivity (Wildman–Crippen MR) is 120 cm³/mol. The molecule has 3 N–H and O–H groups in total. The van der Waals surface area contributed by atoms with Crippen molar-refractivity contribution < 1.29 is 24.0 Å². The number of aliphatic hydroxyl groups is 1. The molecule has 11 heteroatoms. The number of aliphatic hydroxyl groups excluding tert-OH is 1. The number of rotatable bonds is 10. The highest BCUT2D eigenvalue weighted by Gasteiger charge is 2.23. The number of allylic oxidation sites excluding steroid dienone is 3. The number of hydrogen-bond donors (Lipinski definition) is 3. The molecule has 1 aromatic carbocycles. The van der Waals surface area contributed by atoms with Crippen molar-refractivity contribution in [3.8, 4) is 17.1 Å². The lowest BCUT2D eigenvalue weighted by molar-refractivity contribution is -0.121. The number of azo groups is 1. The molecule has 4 rings (SSSR count). The molecule has 2 aliphatic rings. The van der Waals surface area contributed by atoms with E-state index >= 15 is 0 Å². The van der Waals surface area contributed by atoms with Crippen molar-refractivity contribution >= 4 is 11.8 Å². The van der Waals surface area contributed by atoms with Gasteiger partial charge in [-0.1, -0.05) is 17.3 Å². The maximum absolute atomic E-state index is 12.2. The molecule has 0 saturated carbocycles. The van der Waals surface area contributed by atoms with E-state index in [1.54, 1.807) is 31.4 Å². The summed E-state index contributed by atoms with van der Waals surface area (Å²) in [4.78, 5) is 28.3. The maximum atomic E-state index is 12.2. The molecule has 0 radical (unpaired) electrons. The molecule has 176 valence electrons. The topological polar surface area (TPSA) is 151 Å². The van der Waals surface area contributed by atoms with Crippen molar-refractivity contribution in [3.05, 3.63) is 65.4 Å². The lowest BCUT2D eigenvalue weighted by Crippen LogP contribution is -2.38. The number of aromatic nitrogens is 2. The largest absolute Gasteiger partial charge is 0.497 e. The van der Waals surface area contributed by atoms with Crippen molar-refractivity contribution in [1.82, 2.24) is 20.8 Å². The van der Waals surface area contributed by atoms with E-state index in [0.717, 1.165) is 16.9 Å². The van der Waals surface area contributed by atoms with E-state index in [-0.39, 0.29) is 37.7 Å². The van der Waals surface area contributed by atoms with Crippen LogP contribution in [0.15, 0.2) is 74.2 Å². The number of ether oxygens (including phenoxy) is 1. The van der Waals surface area contributed by atoms with Gasteiger partial charge < -0.3 is 25.0 Å². The number of hydrogen-bond acceptors (Lipinski definition) is 9. The van der Waals surface area contributed by atoms with Crippen molar-refractivity contribution in [2.24, 2.45) is 10.2 Å². The molecule has 0 saturated heterocycles. The summed E-state index contributed by atoms with van der Waals surface area (Å²) < 4.78 is 10.3. The predicted octanol–water partition coefficient (Wildman–Crippen LogP) is 1.83. The molecular weight excluding hydrogens is 440 g/mol. The molecule has 1 atom stereocenters. The average molecular weight is 464 g/mol. The molecule has 1 aromatic heterocycles. The molecule has 1 aliphatic heterocycles. The van der Waals surface area contributed by atoms with Gasteiger partial charge in [-0.2, -0.15) is 4.98 Å². The number of carbonyl (C=O) groups is 2. The standard InChI is InChI=1S/C23H24N6O5/c1-33-16-8-6-14(7-9-16)21-26-20(34-29-21)11-10-19(31)24-12-15(30)13-25-22-17-4-2-3-5-18(17)23(32)28-27-22/h2-3,5-9,15,25,30H,4,10-13H2,1H3,(H,24,31). The smallest absolute Gasteiger partial charge is 0.295 e. The van der Waals surface area contributed by atoms with Crippen LogP contribution in [0.25, 0.3) is 11.4 Å². The first-order valence-corrected chi connectivity index (χ1v) is 10.8. The van der Waals surface area contributed by atoms with Crippen LogP contribution in [0.1, 0.15) is 18.7 Å². The number of amides is 2. The summed E-state index contributed by atoms with van der Waals surface area (Å²) in [7, 11) is 1.59. The van der Waals surface area contributed by atoms with Crippen LogP contribution in [-0.2, 0) is 16.0 Å². The molecule has 2 amide bonds. The van der Waals surface area contributed by atoms with Gasteiger partial charge in [0.15, 0.2) is 5.82 Å². The van der Waals surface area contributed by atoms with Crippen molar-refractivity contribution in [2.75, 3.05) is 20.2 Å². The number of fused-ring (bicyclic) bond motifs is 1. The Hall–Kier alpha value is -4.12. The normalized spacial score (nSPS) is 15.6. The Balaban J connectivity index is 1.20. The van der Waals surface area contributed by atoms with E-state index in [0.29, 0.717) is 29.5 Å². The summed E-state index contributed by atoms with van der Waals surface area (Å²) in [5.74, 6) is 1.32. The van der Waals surface area contributed by atoms with E-state index in [2.05, 4.69) is 31.0 Å². The summed E-state index contributed by atoms with van der Waals surface area (Å²) in [6.45, 7) is 0.187. The third kappa shape index (κ3) is 5.62. The fourth-order valence-electron chi connectivity index (χ4n) is 3.38. The second-order valence-corrected chi connectivity index (χ2v) is 7.62. The third-order valence-electron chi connectivity index (χ3n) is 5.23. The zero-order valence-electron chi connectivity index (χ0n) is 18.5. The monoisotopic (exact) mass is 464 g/mol. The van der Waals surface area contributed by atoms with Gasteiger partial charge >= 0.3 is 0 Å². The number of aryl methyl sites for hydroxylation is 1. The van der Waals surface area contributed by atoms with Gasteiger partial charge in [-0.25, -0.2) is 0 Å². The number of nitrogens with zero attached hydrogens (tertiary/aromatic N) is 4. The number of benzene rings is 1. The van der Waals surface area contributed by atoms with Gasteiger partial charge in [-0.15, -0.1) is 10.2 Å². The highest BCUT2D eigenvalue weighted by atomic mass is 16.5. The SMILES string of the molecule is COc1ccc(-c2noc(CCC(=O)NCC(O)CNC3=C4CC=CC=C4C(=O)N=N3)n2)cc1. The Kier molecular flexibility index (Phi) is 7.23. The lowest BCUT2D eigenvalue weighted by atomic mass is 9.97. The van der Waals surface area contributed by atoms with Crippen LogP contribution in [0, 0.1) is 0 Å². The first-order valence-electron chi connectivity index (χ1n) is 10.8. The summed E-state index contributed by atoms with van der Waals surface area (Å²) >= 11 is 0. The van der Waals surface area contributed by atoms with E-state index in [1.165, 1.54) is 0 Å². The van der Waals surface area contributed by atoms with Crippen molar-refractivity contribution in [3.63, 3.8) is 0 Å². The Labute approximate surface area is 195 Å². The minimum absolute atomic E-state index is 0.0497. The second kappa shape index (κ2) is 10.7. The average Bonchev–Trinajstić information content (AvgIpc) is 3.35. The van der Waals surface area contributed by atoms with E-state index < -0.39 is 6.10 Å². The van der Waals surface area contributed by atoms with Crippen LogP contribution in [0.5, 0.6) is 5.75 Å². The zero-order chi connectivity index (χ0) is 23.9. The fourth-order valence-corrected chi connectivity index (χ4v) is 3.38. The van der Waals surface area contributed by atoms with Crippen LogP contribution in [0.2, 0.25) is 0 Å². The molecule has 1 aliphatic carbocycles. The molecule has 34 heavy (non-hydrogen) atoms. The van der Waals surface area contributed by atoms with Gasteiger partial charge in [0, 0.05) is 37.1 Å². The van der Waals surface area contributed by atoms with Gasteiger partial charge in [-0.3, -0.25) is 9.59 Å². The summed E-state index contributed by atoms with van der Waals surface area (Å²) in [6.07, 6.45) is 5.51. The summed E-state index contributed by atoms with van der Waals surface area (Å²) in [5.41, 5.74) is 2.02. The Morgan fingerprint density at radius 1 is 1.24 bits per heavy atom. The summed E-state index contributed by atoms with van der Waals surface area (Å²) in [6, 6.07) is 7.24. The molecular formula is C23H24N6O5. The molecule has 0 bridgehead atoms. The summed E-state index contributed by atoms with van der Waals surface area (Å²) in [5, 5.41) is 27.3. The minimum Gasteiger partial charge on any atom is -0.497 e. The minimum atomic E-state index is -0.860. The first-order chi connectivity index (χ1) is 16.5. The highest BCUT2D eigenvalue weighted by molar-refractivity contribution is 5.99. The molecule has 2 heterocycles. The Bertz CT molecular complexity index is 1180. The van der Waals surface area contributed by atoms with E-state index in [9.17, 15) is 14.7 Å². The Morgan fingerprint density at radius 2 is 2.06 bits per heavy atom. The zero-order valence-corrected chi connectivity index (χ0v) is 18.5.